The van der Waals surface area contributed by atoms with Crippen LogP contribution in [-0.4, -0.2) is 9.97 Å². The van der Waals surface area contributed by atoms with Gasteiger partial charge < -0.3 is 9.13 Å². The zero-order valence-corrected chi connectivity index (χ0v) is 26.7. The highest BCUT2D eigenvalue weighted by atomic mass is 31.2. The van der Waals surface area contributed by atoms with Crippen molar-refractivity contribution in [3.8, 4) is 22.5 Å². The van der Waals surface area contributed by atoms with Crippen LogP contribution in [0, 0.1) is 0 Å². The molecule has 7 rings (SSSR count). The number of hydrogen-bond donors (Lipinski definition) is 0. The number of nitrogens with zero attached hydrogens (tertiary/aromatic N) is 2. The Labute approximate surface area is 269 Å². The lowest BCUT2D eigenvalue weighted by Crippen LogP contribution is -2.24. The highest BCUT2D eigenvalue weighted by Gasteiger charge is 2.30. The van der Waals surface area contributed by atoms with Crippen molar-refractivity contribution >= 4 is 46.1 Å². The molecule has 222 valence electrons. The molecule has 0 N–H and O–H groups in total. The van der Waals surface area contributed by atoms with Crippen molar-refractivity contribution < 1.29 is 9.13 Å². The first-order valence-corrected chi connectivity index (χ1v) is 18.4. The van der Waals surface area contributed by atoms with Gasteiger partial charge in [-0.25, -0.2) is 9.97 Å². The summed E-state index contributed by atoms with van der Waals surface area (Å²) in [6, 6.07) is 56.2. The van der Waals surface area contributed by atoms with Crippen LogP contribution in [-0.2, 0) is 9.13 Å². The second-order valence-electron chi connectivity index (χ2n) is 10.9. The molecule has 0 bridgehead atoms. The largest absolute Gasteiger partial charge is 0.309 e. The molecule has 0 atom stereocenters. The molecule has 0 aliphatic heterocycles. The minimum atomic E-state index is -3.06. The minimum Gasteiger partial charge on any atom is -0.309 e. The molecule has 0 aliphatic rings. The fraction of sp³-hybridized carbons (Fsp3) is 0. The van der Waals surface area contributed by atoms with Crippen LogP contribution in [0.3, 0.4) is 0 Å². The lowest BCUT2D eigenvalue weighted by atomic mass is 10.1. The summed E-state index contributed by atoms with van der Waals surface area (Å²) in [7, 11) is -6.13. The molecule has 0 radical (unpaired) electrons. The zero-order chi connectivity index (χ0) is 31.4. The van der Waals surface area contributed by atoms with Gasteiger partial charge in [-0.05, 0) is 6.07 Å². The van der Waals surface area contributed by atoms with E-state index < -0.39 is 14.3 Å². The van der Waals surface area contributed by atoms with Gasteiger partial charge in [-0.2, -0.15) is 0 Å². The molecule has 1 aromatic heterocycles. The van der Waals surface area contributed by atoms with Crippen LogP contribution in [0.25, 0.3) is 22.5 Å². The van der Waals surface area contributed by atoms with Gasteiger partial charge in [-0.3, -0.25) is 0 Å². The van der Waals surface area contributed by atoms with Crippen LogP contribution in [0.15, 0.2) is 182 Å². The predicted octanol–water partition coefficient (Wildman–Crippen LogP) is 7.09. The van der Waals surface area contributed by atoms with Crippen LogP contribution in [0.5, 0.6) is 0 Å². The fourth-order valence-electron chi connectivity index (χ4n) is 5.80. The Hall–Kier alpha value is -5.14. The number of rotatable bonds is 8. The van der Waals surface area contributed by atoms with E-state index in [1.54, 1.807) is 6.33 Å². The Kier molecular flexibility index (Phi) is 8.16. The summed E-state index contributed by atoms with van der Waals surface area (Å²) in [5.41, 5.74) is 3.31. The van der Waals surface area contributed by atoms with Crippen LogP contribution >= 0.6 is 14.3 Å². The number of hydrogen-bond acceptors (Lipinski definition) is 4. The van der Waals surface area contributed by atoms with Gasteiger partial charge in [0, 0.05) is 43.0 Å². The van der Waals surface area contributed by atoms with E-state index in [2.05, 4.69) is 9.97 Å². The van der Waals surface area contributed by atoms with Crippen molar-refractivity contribution in [3.05, 3.63) is 182 Å². The highest BCUT2D eigenvalue weighted by molar-refractivity contribution is 7.85. The Morgan fingerprint density at radius 3 is 0.870 bits per heavy atom. The van der Waals surface area contributed by atoms with Gasteiger partial charge >= 0.3 is 0 Å². The molecule has 7 aromatic rings. The number of aromatic nitrogens is 2. The quantitative estimate of drug-likeness (QED) is 0.168. The van der Waals surface area contributed by atoms with E-state index in [4.69, 9.17) is 0 Å². The normalized spacial score (nSPS) is 11.7. The highest BCUT2D eigenvalue weighted by Crippen LogP contribution is 2.43. The molecule has 46 heavy (non-hydrogen) atoms. The summed E-state index contributed by atoms with van der Waals surface area (Å²) in [5, 5.41) is 4.72. The summed E-state index contributed by atoms with van der Waals surface area (Å²) in [5.74, 6) is 0. The molecule has 0 aliphatic carbocycles. The van der Waals surface area contributed by atoms with Crippen molar-refractivity contribution in [3.63, 3.8) is 0 Å². The smallest absolute Gasteiger partial charge is 0.171 e. The summed E-state index contributed by atoms with van der Waals surface area (Å²) in [6.07, 6.45) is 1.56. The maximum Gasteiger partial charge on any atom is 0.171 e. The topological polar surface area (TPSA) is 59.9 Å². The Balaban J connectivity index is 1.21. The van der Waals surface area contributed by atoms with Crippen LogP contribution in [0.4, 0.5) is 0 Å². The van der Waals surface area contributed by atoms with Gasteiger partial charge in [0.2, 0.25) is 0 Å². The zero-order valence-electron chi connectivity index (χ0n) is 24.9. The van der Waals surface area contributed by atoms with E-state index in [0.717, 1.165) is 54.3 Å². The third kappa shape index (κ3) is 5.48. The van der Waals surface area contributed by atoms with Crippen LogP contribution < -0.4 is 31.8 Å². The maximum atomic E-state index is 14.7. The molecule has 6 aromatic carbocycles. The summed E-state index contributed by atoms with van der Waals surface area (Å²) in [6.45, 7) is 0. The molecule has 0 saturated carbocycles. The molecule has 1 heterocycles. The van der Waals surface area contributed by atoms with E-state index in [1.807, 2.05) is 176 Å². The predicted molar refractivity (Wildman–Crippen MR) is 192 cm³/mol. The van der Waals surface area contributed by atoms with E-state index >= 15 is 0 Å². The van der Waals surface area contributed by atoms with Gasteiger partial charge in [0.15, 0.2) is 14.3 Å². The monoisotopic (exact) mass is 632 g/mol. The first-order valence-electron chi connectivity index (χ1n) is 15.0. The first kappa shape index (κ1) is 29.6. The standard InChI is InChI=1S/C40H30N2O2P2/c43-45(33-13-5-1-6-14-33,34-15-7-2-8-16-34)37-25-21-31(22-26-37)39-29-40(42-30-41-39)32-23-27-38(28-24-32)46(44,35-17-9-3-10-18-35)36-19-11-4-12-20-36/h1-30H. The van der Waals surface area contributed by atoms with Crippen molar-refractivity contribution in [2.75, 3.05) is 0 Å². The Bertz CT molecular complexity index is 1930. The molecule has 0 amide bonds. The maximum absolute atomic E-state index is 14.7. The van der Waals surface area contributed by atoms with Gasteiger partial charge in [-0.1, -0.05) is 170 Å². The molecule has 4 nitrogen and oxygen atoms in total. The van der Waals surface area contributed by atoms with Gasteiger partial charge in [0.05, 0.1) is 11.4 Å². The van der Waals surface area contributed by atoms with Crippen LogP contribution in [0.1, 0.15) is 0 Å². The molecule has 0 unspecified atom stereocenters. The Morgan fingerprint density at radius 1 is 0.326 bits per heavy atom. The molecule has 0 spiro atoms. The molecular weight excluding hydrogens is 602 g/mol. The van der Waals surface area contributed by atoms with Gasteiger partial charge in [-0.15, -0.1) is 0 Å². The summed E-state index contributed by atoms with van der Waals surface area (Å²) in [4.78, 5) is 9.11. The fourth-order valence-corrected chi connectivity index (χ4v) is 11.1. The SMILES string of the molecule is O=P(c1ccccc1)(c1ccccc1)c1ccc(-c2cc(-c3ccc(P(=O)(c4ccccc4)c4ccccc4)cc3)ncn2)cc1. The third-order valence-electron chi connectivity index (χ3n) is 8.20. The first-order chi connectivity index (χ1) is 22.6. The number of benzene rings is 6. The second-order valence-corrected chi connectivity index (χ2v) is 16.5. The van der Waals surface area contributed by atoms with Crippen molar-refractivity contribution in [1.29, 1.82) is 0 Å². The molecule has 6 heteroatoms. The summed E-state index contributed by atoms with van der Waals surface area (Å²) < 4.78 is 29.5. The third-order valence-corrected chi connectivity index (χ3v) is 14.4. The van der Waals surface area contributed by atoms with E-state index in [-0.39, 0.29) is 0 Å². The molecular formula is C40H30N2O2P2. The summed E-state index contributed by atoms with van der Waals surface area (Å²) >= 11 is 0. The average Bonchev–Trinajstić information content (AvgIpc) is 3.16. The van der Waals surface area contributed by atoms with Crippen molar-refractivity contribution in [2.24, 2.45) is 0 Å². The van der Waals surface area contributed by atoms with E-state index in [9.17, 15) is 9.13 Å². The second kappa shape index (κ2) is 12.7. The molecule has 0 saturated heterocycles. The molecule has 0 fully saturated rings. The van der Waals surface area contributed by atoms with E-state index in [1.165, 1.54) is 0 Å². The average molecular weight is 633 g/mol. The van der Waals surface area contributed by atoms with Crippen molar-refractivity contribution in [2.45, 2.75) is 0 Å². The Morgan fingerprint density at radius 2 is 0.587 bits per heavy atom. The van der Waals surface area contributed by atoms with E-state index in [0.29, 0.717) is 0 Å². The van der Waals surface area contributed by atoms with Crippen LogP contribution in [0.2, 0.25) is 0 Å². The van der Waals surface area contributed by atoms with Crippen molar-refractivity contribution in [1.82, 2.24) is 9.97 Å². The van der Waals surface area contributed by atoms with Gasteiger partial charge in [0.25, 0.3) is 0 Å². The lowest BCUT2D eigenvalue weighted by Gasteiger charge is -2.20. The lowest BCUT2D eigenvalue weighted by molar-refractivity contribution is 0.591. The minimum absolute atomic E-state index is 0.758. The van der Waals surface area contributed by atoms with Gasteiger partial charge in [0.1, 0.15) is 6.33 Å².